The number of urea groups is 1. The molecule has 0 saturated heterocycles. The third-order valence-corrected chi connectivity index (χ3v) is 3.31. The summed E-state index contributed by atoms with van der Waals surface area (Å²) in [5.41, 5.74) is -0.265. The van der Waals surface area contributed by atoms with Crippen LogP contribution in [0.4, 0.5) is 4.79 Å². The zero-order chi connectivity index (χ0) is 14.0. The van der Waals surface area contributed by atoms with Crippen molar-refractivity contribution in [2.24, 2.45) is 5.41 Å². The van der Waals surface area contributed by atoms with E-state index in [1.807, 2.05) is 13.8 Å². The number of carboxylic acids is 1. The summed E-state index contributed by atoms with van der Waals surface area (Å²) in [5, 5.41) is 23.1. The van der Waals surface area contributed by atoms with Gasteiger partial charge in [0.2, 0.25) is 0 Å². The van der Waals surface area contributed by atoms with E-state index in [-0.39, 0.29) is 24.5 Å². The highest BCUT2D eigenvalue weighted by Crippen LogP contribution is 2.24. The smallest absolute Gasteiger partial charge is 0.314 e. The van der Waals surface area contributed by atoms with Crippen molar-refractivity contribution in [1.82, 2.24) is 10.6 Å². The molecule has 106 valence electrons. The zero-order valence-corrected chi connectivity index (χ0v) is 11.2. The van der Waals surface area contributed by atoms with Gasteiger partial charge in [-0.1, -0.05) is 13.8 Å². The number of rotatable bonds is 9. The summed E-state index contributed by atoms with van der Waals surface area (Å²) >= 11 is 0. The molecule has 0 aliphatic carbocycles. The molecule has 6 heteroatoms. The molecule has 0 aliphatic heterocycles. The molecule has 2 amide bonds. The molecule has 0 radical (unpaired) electrons. The van der Waals surface area contributed by atoms with Gasteiger partial charge in [0.1, 0.15) is 0 Å². The maximum Gasteiger partial charge on any atom is 0.314 e. The fraction of sp³-hybridized carbons (Fsp3) is 0.833. The Kier molecular flexibility index (Phi) is 8.11. The van der Waals surface area contributed by atoms with Crippen molar-refractivity contribution in [2.45, 2.75) is 39.5 Å². The lowest BCUT2D eigenvalue weighted by atomic mass is 9.83. The van der Waals surface area contributed by atoms with Gasteiger partial charge in [-0.15, -0.1) is 0 Å². The Morgan fingerprint density at radius 2 is 1.78 bits per heavy atom. The van der Waals surface area contributed by atoms with Crippen molar-refractivity contribution in [3.8, 4) is 0 Å². The lowest BCUT2D eigenvalue weighted by molar-refractivity contribution is -0.137. The van der Waals surface area contributed by atoms with Crippen molar-refractivity contribution in [3.63, 3.8) is 0 Å². The third kappa shape index (κ3) is 6.44. The number of amides is 2. The van der Waals surface area contributed by atoms with Crippen LogP contribution in [0.15, 0.2) is 0 Å². The van der Waals surface area contributed by atoms with Gasteiger partial charge in [-0.05, 0) is 19.3 Å². The van der Waals surface area contributed by atoms with Gasteiger partial charge in [-0.2, -0.15) is 0 Å². The lowest BCUT2D eigenvalue weighted by Crippen LogP contribution is -2.44. The number of aliphatic hydroxyl groups excluding tert-OH is 1. The van der Waals surface area contributed by atoms with E-state index in [0.29, 0.717) is 19.5 Å². The first-order valence-corrected chi connectivity index (χ1v) is 6.34. The van der Waals surface area contributed by atoms with Crippen molar-refractivity contribution in [1.29, 1.82) is 0 Å². The van der Waals surface area contributed by atoms with Crippen LogP contribution in [0.2, 0.25) is 0 Å². The second-order valence-electron chi connectivity index (χ2n) is 4.47. The van der Waals surface area contributed by atoms with Crippen molar-refractivity contribution >= 4 is 12.0 Å². The molecule has 0 spiro atoms. The summed E-state index contributed by atoms with van der Waals surface area (Å²) in [4.78, 5) is 21.7. The summed E-state index contributed by atoms with van der Waals surface area (Å²) < 4.78 is 0. The molecule has 0 aliphatic rings. The average molecular weight is 260 g/mol. The van der Waals surface area contributed by atoms with Gasteiger partial charge in [0.25, 0.3) is 0 Å². The van der Waals surface area contributed by atoms with E-state index in [1.165, 1.54) is 0 Å². The summed E-state index contributed by atoms with van der Waals surface area (Å²) in [5.74, 6) is -0.867. The highest BCUT2D eigenvalue weighted by atomic mass is 16.4. The van der Waals surface area contributed by atoms with Crippen LogP contribution in [0, 0.1) is 5.41 Å². The molecule has 0 heterocycles. The highest BCUT2D eigenvalue weighted by molar-refractivity contribution is 5.74. The maximum absolute atomic E-state index is 11.4. The van der Waals surface area contributed by atoms with E-state index >= 15 is 0 Å². The molecular formula is C12H24N2O4. The van der Waals surface area contributed by atoms with Gasteiger partial charge in [0, 0.05) is 24.9 Å². The molecule has 18 heavy (non-hydrogen) atoms. The Labute approximate surface area is 108 Å². The molecule has 0 aromatic rings. The van der Waals surface area contributed by atoms with Crippen LogP contribution in [0.1, 0.15) is 39.5 Å². The number of aliphatic carboxylic acids is 1. The molecule has 0 aromatic heterocycles. The molecular weight excluding hydrogens is 236 g/mol. The van der Waals surface area contributed by atoms with Gasteiger partial charge < -0.3 is 20.8 Å². The van der Waals surface area contributed by atoms with Crippen LogP contribution < -0.4 is 10.6 Å². The Bertz CT molecular complexity index is 257. The Morgan fingerprint density at radius 1 is 1.17 bits per heavy atom. The van der Waals surface area contributed by atoms with Crippen molar-refractivity contribution < 1.29 is 19.8 Å². The van der Waals surface area contributed by atoms with E-state index in [2.05, 4.69) is 10.6 Å². The van der Waals surface area contributed by atoms with E-state index in [0.717, 1.165) is 12.8 Å². The number of carboxylic acid groups (broad SMARTS) is 1. The molecule has 6 nitrogen and oxygen atoms in total. The fourth-order valence-corrected chi connectivity index (χ4v) is 1.55. The minimum absolute atomic E-state index is 0.0410. The van der Waals surface area contributed by atoms with E-state index < -0.39 is 5.97 Å². The Balaban J connectivity index is 3.84. The third-order valence-electron chi connectivity index (χ3n) is 3.31. The second kappa shape index (κ2) is 8.74. The number of carbonyl (C=O) groups is 2. The van der Waals surface area contributed by atoms with E-state index in [9.17, 15) is 14.7 Å². The minimum atomic E-state index is -0.867. The fourth-order valence-electron chi connectivity index (χ4n) is 1.55. The van der Waals surface area contributed by atoms with E-state index in [1.54, 1.807) is 0 Å². The first kappa shape index (κ1) is 16.7. The standard InChI is InChI=1S/C12H24N2O4/c1-3-12(4-2,9-15)8-14-11(18)13-7-5-6-10(16)17/h15H,3-9H2,1-2H3,(H,16,17)(H2,13,14,18). The quantitative estimate of drug-likeness (QED) is 0.464. The van der Waals surface area contributed by atoms with Crippen LogP contribution >= 0.6 is 0 Å². The Morgan fingerprint density at radius 3 is 2.22 bits per heavy atom. The highest BCUT2D eigenvalue weighted by Gasteiger charge is 2.25. The zero-order valence-electron chi connectivity index (χ0n) is 11.2. The van der Waals surface area contributed by atoms with Crippen LogP contribution in [0.5, 0.6) is 0 Å². The normalized spacial score (nSPS) is 11.1. The molecule has 0 fully saturated rings. The topological polar surface area (TPSA) is 98.7 Å². The predicted octanol–water partition coefficient (Wildman–Crippen LogP) is 0.949. The maximum atomic E-state index is 11.4. The molecule has 0 unspecified atom stereocenters. The van der Waals surface area contributed by atoms with Crippen LogP contribution in [0.25, 0.3) is 0 Å². The van der Waals surface area contributed by atoms with Crippen molar-refractivity contribution in [3.05, 3.63) is 0 Å². The summed E-state index contributed by atoms with van der Waals surface area (Å²) in [6, 6.07) is -0.319. The van der Waals surface area contributed by atoms with Gasteiger partial charge >= 0.3 is 12.0 Å². The summed E-state index contributed by atoms with van der Waals surface area (Å²) in [6.07, 6.45) is 2.04. The number of nitrogens with one attached hydrogen (secondary N) is 2. The molecule has 0 saturated carbocycles. The van der Waals surface area contributed by atoms with Gasteiger partial charge in [0.15, 0.2) is 0 Å². The number of hydrogen-bond donors (Lipinski definition) is 4. The van der Waals surface area contributed by atoms with Gasteiger partial charge in [0.05, 0.1) is 6.61 Å². The van der Waals surface area contributed by atoms with Crippen LogP contribution in [-0.2, 0) is 4.79 Å². The summed E-state index contributed by atoms with van der Waals surface area (Å²) in [6.45, 7) is 4.75. The van der Waals surface area contributed by atoms with Gasteiger partial charge in [-0.25, -0.2) is 4.79 Å². The van der Waals surface area contributed by atoms with Crippen LogP contribution in [0.3, 0.4) is 0 Å². The largest absolute Gasteiger partial charge is 0.481 e. The Hall–Kier alpha value is -1.30. The number of hydrogen-bond acceptors (Lipinski definition) is 3. The minimum Gasteiger partial charge on any atom is -0.481 e. The summed E-state index contributed by atoms with van der Waals surface area (Å²) in [7, 11) is 0. The average Bonchev–Trinajstić information content (AvgIpc) is 2.37. The number of carbonyl (C=O) groups excluding carboxylic acids is 1. The molecule has 0 bridgehead atoms. The predicted molar refractivity (Wildman–Crippen MR) is 68.4 cm³/mol. The lowest BCUT2D eigenvalue weighted by Gasteiger charge is -2.29. The second-order valence-corrected chi connectivity index (χ2v) is 4.47. The molecule has 4 N–H and O–H groups in total. The van der Waals surface area contributed by atoms with Crippen molar-refractivity contribution in [2.75, 3.05) is 19.7 Å². The number of aliphatic hydroxyl groups is 1. The van der Waals surface area contributed by atoms with Crippen LogP contribution in [-0.4, -0.2) is 41.9 Å². The molecule has 0 aromatic carbocycles. The molecule has 0 rings (SSSR count). The first-order valence-electron chi connectivity index (χ1n) is 6.34. The van der Waals surface area contributed by atoms with Gasteiger partial charge in [-0.3, -0.25) is 4.79 Å². The van der Waals surface area contributed by atoms with E-state index in [4.69, 9.17) is 5.11 Å². The monoisotopic (exact) mass is 260 g/mol. The molecule has 0 atom stereocenters. The first-order chi connectivity index (χ1) is 8.49. The SMILES string of the molecule is CCC(CC)(CO)CNC(=O)NCCCC(=O)O.